The number of fused-ring (bicyclic) bond motifs is 1. The third-order valence-electron chi connectivity index (χ3n) is 4.82. The molecule has 2 aromatic heterocycles. The van der Waals surface area contributed by atoms with Crippen molar-refractivity contribution in [3.05, 3.63) is 88.5 Å². The monoisotopic (exact) mass is 463 g/mol. The third-order valence-corrected chi connectivity index (χ3v) is 5.49. The summed E-state index contributed by atoms with van der Waals surface area (Å²) >= 11 is 1.07. The quantitative estimate of drug-likeness (QED) is 0.237. The smallest absolute Gasteiger partial charge is 0.258 e. The van der Waals surface area contributed by atoms with Gasteiger partial charge in [0, 0.05) is 35.3 Å². The minimum absolute atomic E-state index is 0.232. The summed E-state index contributed by atoms with van der Waals surface area (Å²) in [4.78, 5) is 35.3. The van der Waals surface area contributed by atoms with Gasteiger partial charge in [-0.1, -0.05) is 6.07 Å². The zero-order valence-electron chi connectivity index (χ0n) is 18.2. The standard InChI is InChI=1S/C24H21N3O5S/c1-15-4-9-22(25-14-15)26-23(28)16-12-20-19(10-11-27(2)24(20)29)21(13-16)31-17-5-7-18(8-6-17)33-32-30-3/h4-14H,1-3H3,(H,25,26,28). The fourth-order valence-corrected chi connectivity index (χ4v) is 3.52. The molecule has 0 aliphatic carbocycles. The summed E-state index contributed by atoms with van der Waals surface area (Å²) in [5.41, 5.74) is 1.03. The van der Waals surface area contributed by atoms with Crippen molar-refractivity contribution >= 4 is 34.5 Å². The second kappa shape index (κ2) is 9.86. The number of nitrogens with one attached hydrogen (secondary N) is 1. The second-order valence-corrected chi connectivity index (χ2v) is 8.01. The lowest BCUT2D eigenvalue weighted by Crippen LogP contribution is -2.18. The number of rotatable bonds is 7. The fourth-order valence-electron chi connectivity index (χ4n) is 3.13. The number of amides is 1. The van der Waals surface area contributed by atoms with E-state index < -0.39 is 5.91 Å². The maximum absolute atomic E-state index is 12.9. The van der Waals surface area contributed by atoms with Crippen molar-refractivity contribution < 1.29 is 18.8 Å². The summed E-state index contributed by atoms with van der Waals surface area (Å²) in [7, 11) is 3.08. The summed E-state index contributed by atoms with van der Waals surface area (Å²) in [6.07, 6.45) is 3.33. The Morgan fingerprint density at radius 1 is 1.06 bits per heavy atom. The van der Waals surface area contributed by atoms with Crippen LogP contribution in [-0.2, 0) is 16.3 Å². The van der Waals surface area contributed by atoms with Gasteiger partial charge in [-0.05, 0) is 61.0 Å². The van der Waals surface area contributed by atoms with Gasteiger partial charge < -0.3 is 14.6 Å². The Labute approximate surface area is 194 Å². The number of hydrogen-bond donors (Lipinski definition) is 1. The summed E-state index contributed by atoms with van der Waals surface area (Å²) in [5.74, 6) is 0.949. The first-order chi connectivity index (χ1) is 15.9. The van der Waals surface area contributed by atoms with Crippen LogP contribution in [0.5, 0.6) is 11.5 Å². The van der Waals surface area contributed by atoms with E-state index in [1.165, 1.54) is 11.7 Å². The van der Waals surface area contributed by atoms with Crippen LogP contribution in [0.3, 0.4) is 0 Å². The van der Waals surface area contributed by atoms with Gasteiger partial charge in [0.05, 0.1) is 24.5 Å². The maximum Gasteiger partial charge on any atom is 0.258 e. The van der Waals surface area contributed by atoms with Crippen molar-refractivity contribution in [3.8, 4) is 11.5 Å². The molecule has 0 unspecified atom stereocenters. The average molecular weight is 464 g/mol. The van der Waals surface area contributed by atoms with E-state index in [1.54, 1.807) is 68.0 Å². The summed E-state index contributed by atoms with van der Waals surface area (Å²) in [5, 5.41) is 3.74. The lowest BCUT2D eigenvalue weighted by molar-refractivity contribution is -0.160. The number of pyridine rings is 2. The van der Waals surface area contributed by atoms with Crippen LogP contribution < -0.4 is 15.6 Å². The lowest BCUT2D eigenvalue weighted by Gasteiger charge is -2.13. The van der Waals surface area contributed by atoms with Crippen LogP contribution in [0.15, 0.2) is 76.7 Å². The van der Waals surface area contributed by atoms with Crippen LogP contribution in [0.25, 0.3) is 10.8 Å². The second-order valence-electron chi connectivity index (χ2n) is 7.23. The van der Waals surface area contributed by atoms with Crippen molar-refractivity contribution in [1.82, 2.24) is 9.55 Å². The van der Waals surface area contributed by atoms with Gasteiger partial charge >= 0.3 is 0 Å². The van der Waals surface area contributed by atoms with Crippen molar-refractivity contribution in [2.75, 3.05) is 12.4 Å². The van der Waals surface area contributed by atoms with Crippen molar-refractivity contribution in [3.63, 3.8) is 0 Å². The number of aryl methyl sites for hydroxylation is 2. The molecule has 0 fully saturated rings. The van der Waals surface area contributed by atoms with Gasteiger partial charge in [-0.15, -0.1) is 0 Å². The van der Waals surface area contributed by atoms with E-state index in [4.69, 9.17) is 9.07 Å². The minimum atomic E-state index is -0.396. The predicted molar refractivity (Wildman–Crippen MR) is 127 cm³/mol. The molecule has 0 radical (unpaired) electrons. The number of carbonyl (C=O) groups is 1. The number of aromatic nitrogens is 2. The highest BCUT2D eigenvalue weighted by Crippen LogP contribution is 2.32. The van der Waals surface area contributed by atoms with Gasteiger partial charge in [-0.25, -0.2) is 9.87 Å². The predicted octanol–water partition coefficient (Wildman–Crippen LogP) is 4.87. The zero-order chi connectivity index (χ0) is 23.4. The Balaban J connectivity index is 1.70. The van der Waals surface area contributed by atoms with Gasteiger partial charge in [0.2, 0.25) is 0 Å². The van der Waals surface area contributed by atoms with Gasteiger partial charge in [-0.3, -0.25) is 9.59 Å². The number of carbonyl (C=O) groups excluding carboxylic acids is 1. The molecule has 33 heavy (non-hydrogen) atoms. The van der Waals surface area contributed by atoms with Crippen molar-refractivity contribution in [2.24, 2.45) is 7.05 Å². The number of anilines is 1. The van der Waals surface area contributed by atoms with Crippen LogP contribution in [0.4, 0.5) is 5.82 Å². The maximum atomic E-state index is 12.9. The molecule has 0 bridgehead atoms. The molecule has 0 saturated heterocycles. The molecule has 168 valence electrons. The Morgan fingerprint density at radius 2 is 1.85 bits per heavy atom. The Morgan fingerprint density at radius 3 is 2.55 bits per heavy atom. The molecule has 1 N–H and O–H groups in total. The van der Waals surface area contributed by atoms with Crippen LogP contribution in [0, 0.1) is 6.92 Å². The van der Waals surface area contributed by atoms with Crippen LogP contribution in [0.1, 0.15) is 15.9 Å². The van der Waals surface area contributed by atoms with Crippen molar-refractivity contribution in [2.45, 2.75) is 11.8 Å². The Kier molecular flexibility index (Phi) is 6.74. The molecule has 9 heteroatoms. The molecule has 4 rings (SSSR count). The van der Waals surface area contributed by atoms with Gasteiger partial charge in [0.15, 0.2) is 0 Å². The molecule has 2 heterocycles. The van der Waals surface area contributed by atoms with Gasteiger partial charge in [0.25, 0.3) is 11.5 Å². The molecule has 1 amide bonds. The van der Waals surface area contributed by atoms with E-state index in [2.05, 4.69) is 15.2 Å². The topological polar surface area (TPSA) is 91.7 Å². The number of hydrogen-bond acceptors (Lipinski definition) is 7. The number of nitrogens with zero attached hydrogens (tertiary/aromatic N) is 2. The molecule has 0 atom stereocenters. The first kappa shape index (κ1) is 22.5. The first-order valence-electron chi connectivity index (χ1n) is 9.97. The molecule has 4 aromatic rings. The van der Waals surface area contributed by atoms with Crippen molar-refractivity contribution in [1.29, 1.82) is 0 Å². The largest absolute Gasteiger partial charge is 0.457 e. The molecule has 2 aromatic carbocycles. The van der Waals surface area contributed by atoms with Gasteiger partial charge in [0.1, 0.15) is 17.3 Å². The highest BCUT2D eigenvalue weighted by atomic mass is 32.2. The van der Waals surface area contributed by atoms with Gasteiger partial charge in [-0.2, -0.15) is 4.33 Å². The highest BCUT2D eigenvalue weighted by Gasteiger charge is 2.15. The SMILES string of the molecule is COOSc1ccc(Oc2cc(C(=O)Nc3ccc(C)cn3)cc3c(=O)n(C)ccc23)cc1. The van der Waals surface area contributed by atoms with Crippen LogP contribution in [-0.4, -0.2) is 22.6 Å². The van der Waals surface area contributed by atoms with E-state index >= 15 is 0 Å². The van der Waals surface area contributed by atoms with E-state index in [0.29, 0.717) is 28.1 Å². The molecule has 0 aliphatic heterocycles. The van der Waals surface area contributed by atoms with E-state index in [9.17, 15) is 9.59 Å². The summed E-state index contributed by atoms with van der Waals surface area (Å²) in [6.45, 7) is 1.91. The van der Waals surface area contributed by atoms with E-state index in [-0.39, 0.29) is 11.1 Å². The average Bonchev–Trinajstić information content (AvgIpc) is 2.82. The molecular formula is C24H21N3O5S. The van der Waals surface area contributed by atoms with E-state index in [1.807, 2.05) is 13.0 Å². The first-order valence-corrected chi connectivity index (χ1v) is 10.7. The normalized spacial score (nSPS) is 10.9. The molecule has 8 nitrogen and oxygen atoms in total. The Bertz CT molecular complexity index is 1350. The molecule has 0 spiro atoms. The van der Waals surface area contributed by atoms with Crippen LogP contribution >= 0.6 is 12.0 Å². The summed E-state index contributed by atoms with van der Waals surface area (Å²) < 4.78 is 12.4. The highest BCUT2D eigenvalue weighted by molar-refractivity contribution is 7.94. The fraction of sp³-hybridized carbons (Fsp3) is 0.125. The molecular weight excluding hydrogens is 442 g/mol. The lowest BCUT2D eigenvalue weighted by atomic mass is 10.1. The number of benzene rings is 2. The van der Waals surface area contributed by atoms with E-state index in [0.717, 1.165) is 22.5 Å². The third kappa shape index (κ3) is 5.23. The summed E-state index contributed by atoms with van der Waals surface area (Å²) in [6, 6.07) is 15.7. The molecule has 0 aliphatic rings. The molecule has 0 saturated carbocycles. The number of ether oxygens (including phenoxy) is 1. The van der Waals surface area contributed by atoms with Crippen LogP contribution in [0.2, 0.25) is 0 Å². The zero-order valence-corrected chi connectivity index (χ0v) is 19.0. The minimum Gasteiger partial charge on any atom is -0.457 e. The Hall–Kier alpha value is -3.66.